The second-order valence-corrected chi connectivity index (χ2v) is 6.46. The summed E-state index contributed by atoms with van der Waals surface area (Å²) in [5, 5.41) is 3.65. The average Bonchev–Trinajstić information content (AvgIpc) is 2.79. The molecule has 3 nitrogen and oxygen atoms in total. The molecule has 1 saturated carbocycles. The van der Waals surface area contributed by atoms with Crippen LogP contribution in [0, 0.1) is 0 Å². The maximum atomic E-state index is 12.2. The normalized spacial score (nSPS) is 23.0. The van der Waals surface area contributed by atoms with E-state index in [0.717, 1.165) is 10.9 Å². The van der Waals surface area contributed by atoms with Gasteiger partial charge in [-0.25, -0.2) is 0 Å². The summed E-state index contributed by atoms with van der Waals surface area (Å²) in [7, 11) is 0. The van der Waals surface area contributed by atoms with Gasteiger partial charge >= 0.3 is 0 Å². The summed E-state index contributed by atoms with van der Waals surface area (Å²) in [6.07, 6.45) is 5.54. The SMILES string of the molecule is CSC1CCCC1NC(=O)c1cc(N)ccc1Br. The lowest BCUT2D eigenvalue weighted by Crippen LogP contribution is -2.38. The van der Waals surface area contributed by atoms with Crippen LogP contribution < -0.4 is 11.1 Å². The average molecular weight is 329 g/mol. The molecule has 1 aliphatic carbocycles. The Morgan fingerprint density at radius 1 is 1.50 bits per heavy atom. The Labute approximate surface area is 120 Å². The van der Waals surface area contributed by atoms with Crippen LogP contribution in [0.4, 0.5) is 5.69 Å². The molecule has 1 aliphatic rings. The van der Waals surface area contributed by atoms with Gasteiger partial charge in [0.1, 0.15) is 0 Å². The van der Waals surface area contributed by atoms with E-state index >= 15 is 0 Å². The molecule has 1 amide bonds. The minimum absolute atomic E-state index is 0.0416. The monoisotopic (exact) mass is 328 g/mol. The number of benzene rings is 1. The van der Waals surface area contributed by atoms with Crippen LogP contribution in [0.3, 0.4) is 0 Å². The lowest BCUT2D eigenvalue weighted by molar-refractivity contribution is 0.0938. The number of halogens is 1. The number of hydrogen-bond donors (Lipinski definition) is 2. The van der Waals surface area contributed by atoms with E-state index in [1.165, 1.54) is 12.8 Å². The summed E-state index contributed by atoms with van der Waals surface area (Å²) in [6.45, 7) is 0. The van der Waals surface area contributed by atoms with Gasteiger partial charge in [-0.2, -0.15) is 11.8 Å². The molecule has 0 aliphatic heterocycles. The number of amides is 1. The van der Waals surface area contributed by atoms with Crippen molar-refractivity contribution in [1.29, 1.82) is 0 Å². The molecule has 1 aromatic carbocycles. The predicted molar refractivity (Wildman–Crippen MR) is 81.0 cm³/mol. The molecule has 0 aromatic heterocycles. The van der Waals surface area contributed by atoms with Crippen LogP contribution in [0.2, 0.25) is 0 Å². The zero-order valence-electron chi connectivity index (χ0n) is 10.3. The van der Waals surface area contributed by atoms with Crippen molar-refractivity contribution in [3.8, 4) is 0 Å². The number of thioether (sulfide) groups is 1. The summed E-state index contributed by atoms with van der Waals surface area (Å²) >= 11 is 5.22. The minimum atomic E-state index is -0.0416. The van der Waals surface area contributed by atoms with Crippen molar-refractivity contribution in [3.05, 3.63) is 28.2 Å². The van der Waals surface area contributed by atoms with Gasteiger partial charge < -0.3 is 11.1 Å². The van der Waals surface area contributed by atoms with Crippen molar-refractivity contribution in [2.24, 2.45) is 0 Å². The maximum absolute atomic E-state index is 12.2. The van der Waals surface area contributed by atoms with E-state index in [9.17, 15) is 4.79 Å². The van der Waals surface area contributed by atoms with E-state index in [1.807, 2.05) is 17.8 Å². The molecule has 0 saturated heterocycles. The lowest BCUT2D eigenvalue weighted by Gasteiger charge is -2.19. The molecule has 18 heavy (non-hydrogen) atoms. The Morgan fingerprint density at radius 2 is 2.28 bits per heavy atom. The third-order valence-corrected chi connectivity index (χ3v) is 5.17. The highest BCUT2D eigenvalue weighted by Gasteiger charge is 2.28. The van der Waals surface area contributed by atoms with Crippen molar-refractivity contribution in [3.63, 3.8) is 0 Å². The summed E-state index contributed by atoms with van der Waals surface area (Å²) in [4.78, 5) is 12.2. The lowest BCUT2D eigenvalue weighted by atomic mass is 10.1. The van der Waals surface area contributed by atoms with Gasteiger partial charge in [0, 0.05) is 21.5 Å². The number of nitrogens with two attached hydrogens (primary N) is 1. The summed E-state index contributed by atoms with van der Waals surface area (Å²) < 4.78 is 0.785. The molecule has 0 bridgehead atoms. The Morgan fingerprint density at radius 3 is 3.00 bits per heavy atom. The van der Waals surface area contributed by atoms with E-state index in [1.54, 1.807) is 12.1 Å². The van der Waals surface area contributed by atoms with Gasteiger partial charge in [0.25, 0.3) is 5.91 Å². The smallest absolute Gasteiger partial charge is 0.252 e. The van der Waals surface area contributed by atoms with Crippen molar-refractivity contribution < 1.29 is 4.79 Å². The second kappa shape index (κ2) is 5.97. The number of carbonyl (C=O) groups is 1. The quantitative estimate of drug-likeness (QED) is 0.838. The van der Waals surface area contributed by atoms with E-state index < -0.39 is 0 Å². The van der Waals surface area contributed by atoms with Crippen LogP contribution in [0.25, 0.3) is 0 Å². The first-order chi connectivity index (χ1) is 8.61. The van der Waals surface area contributed by atoms with E-state index in [2.05, 4.69) is 27.5 Å². The molecular weight excluding hydrogens is 312 g/mol. The standard InChI is InChI=1S/C13H17BrN2OS/c1-18-12-4-2-3-11(12)16-13(17)9-7-8(15)5-6-10(9)14/h5-7,11-12H,2-4,15H2,1H3,(H,16,17). The van der Waals surface area contributed by atoms with Gasteiger partial charge in [0.05, 0.1) is 5.56 Å². The largest absolute Gasteiger partial charge is 0.399 e. The van der Waals surface area contributed by atoms with Crippen LogP contribution in [0.5, 0.6) is 0 Å². The molecule has 1 aromatic rings. The van der Waals surface area contributed by atoms with Gasteiger partial charge in [0.15, 0.2) is 0 Å². The summed E-state index contributed by atoms with van der Waals surface area (Å²) in [5.41, 5.74) is 6.94. The Hall–Kier alpha value is -0.680. The molecule has 2 rings (SSSR count). The second-order valence-electron chi connectivity index (χ2n) is 4.52. The highest BCUT2D eigenvalue weighted by Crippen LogP contribution is 2.29. The number of hydrogen-bond acceptors (Lipinski definition) is 3. The third kappa shape index (κ3) is 3.01. The number of nitrogens with one attached hydrogen (secondary N) is 1. The molecular formula is C13H17BrN2OS. The molecule has 2 atom stereocenters. The molecule has 0 radical (unpaired) electrons. The van der Waals surface area contributed by atoms with Gasteiger partial charge in [-0.3, -0.25) is 4.79 Å². The number of carbonyl (C=O) groups excluding carboxylic acids is 1. The highest BCUT2D eigenvalue weighted by molar-refractivity contribution is 9.10. The van der Waals surface area contributed by atoms with Crippen molar-refractivity contribution in [2.75, 3.05) is 12.0 Å². The molecule has 5 heteroatoms. The number of nitrogen functional groups attached to an aromatic ring is 1. The van der Waals surface area contributed by atoms with Crippen LogP contribution >= 0.6 is 27.7 Å². The van der Waals surface area contributed by atoms with E-state index in [-0.39, 0.29) is 11.9 Å². The third-order valence-electron chi connectivity index (χ3n) is 3.31. The van der Waals surface area contributed by atoms with E-state index in [4.69, 9.17) is 5.73 Å². The zero-order chi connectivity index (χ0) is 13.1. The fourth-order valence-corrected chi connectivity index (χ4v) is 3.70. The van der Waals surface area contributed by atoms with Gasteiger partial charge in [-0.05, 0) is 53.2 Å². The molecule has 0 spiro atoms. The Kier molecular flexibility index (Phi) is 4.56. The molecule has 1 fully saturated rings. The number of rotatable bonds is 3. The van der Waals surface area contributed by atoms with E-state index in [0.29, 0.717) is 16.5 Å². The fourth-order valence-electron chi connectivity index (χ4n) is 2.34. The van der Waals surface area contributed by atoms with Crippen LogP contribution in [0.1, 0.15) is 29.6 Å². The Balaban J connectivity index is 2.09. The Bertz CT molecular complexity index is 453. The van der Waals surface area contributed by atoms with Crippen LogP contribution in [0.15, 0.2) is 22.7 Å². The van der Waals surface area contributed by atoms with Gasteiger partial charge in [-0.1, -0.05) is 6.42 Å². The summed E-state index contributed by atoms with van der Waals surface area (Å²) in [5.74, 6) is -0.0416. The molecule has 0 heterocycles. The maximum Gasteiger partial charge on any atom is 0.252 e. The topological polar surface area (TPSA) is 55.1 Å². The minimum Gasteiger partial charge on any atom is -0.399 e. The van der Waals surface area contributed by atoms with Crippen molar-refractivity contribution in [2.45, 2.75) is 30.6 Å². The first-order valence-electron chi connectivity index (χ1n) is 6.00. The van der Waals surface area contributed by atoms with Crippen LogP contribution in [-0.4, -0.2) is 23.5 Å². The highest BCUT2D eigenvalue weighted by atomic mass is 79.9. The van der Waals surface area contributed by atoms with Gasteiger partial charge in [-0.15, -0.1) is 0 Å². The predicted octanol–water partition coefficient (Wildman–Crippen LogP) is 3.05. The number of anilines is 1. The first-order valence-corrected chi connectivity index (χ1v) is 8.08. The molecule has 3 N–H and O–H groups in total. The van der Waals surface area contributed by atoms with Crippen molar-refractivity contribution >= 4 is 39.3 Å². The van der Waals surface area contributed by atoms with Gasteiger partial charge in [0.2, 0.25) is 0 Å². The summed E-state index contributed by atoms with van der Waals surface area (Å²) in [6, 6.07) is 5.58. The van der Waals surface area contributed by atoms with Crippen molar-refractivity contribution in [1.82, 2.24) is 5.32 Å². The molecule has 98 valence electrons. The zero-order valence-corrected chi connectivity index (χ0v) is 12.7. The molecule has 2 unspecified atom stereocenters. The first kappa shape index (κ1) is 13.7. The van der Waals surface area contributed by atoms with Crippen LogP contribution in [-0.2, 0) is 0 Å². The fraction of sp³-hybridized carbons (Fsp3) is 0.462.